The molecular weight excluding hydrogens is 319 g/mol. The number of likely N-dealkylation sites (N-methyl/N-ethyl adjacent to an activating group) is 1. The van der Waals surface area contributed by atoms with Gasteiger partial charge in [-0.05, 0) is 14.0 Å². The molecule has 1 N–H and O–H groups in total. The smallest absolute Gasteiger partial charge is 0.272 e. The Balaban J connectivity index is 2.15. The van der Waals surface area contributed by atoms with E-state index in [4.69, 9.17) is 32.7 Å². The molecule has 1 aliphatic rings. The van der Waals surface area contributed by atoms with Crippen LogP contribution >= 0.6 is 23.2 Å². The van der Waals surface area contributed by atoms with Crippen LogP contribution in [-0.2, 0) is 4.74 Å². The molecule has 0 aromatic heterocycles. The number of benzene rings is 1. The molecule has 0 radical (unpaired) electrons. The van der Waals surface area contributed by atoms with Gasteiger partial charge in [0, 0.05) is 31.2 Å². The molecule has 116 valence electrons. The summed E-state index contributed by atoms with van der Waals surface area (Å²) in [5.41, 5.74) is -0.166. The van der Waals surface area contributed by atoms with Crippen LogP contribution in [0.5, 0.6) is 5.75 Å². The zero-order valence-corrected chi connectivity index (χ0v) is 13.1. The minimum Gasteiger partial charge on any atom is -0.484 e. The van der Waals surface area contributed by atoms with E-state index in [0.717, 1.165) is 6.42 Å². The molecule has 3 unspecified atom stereocenters. The molecule has 0 saturated heterocycles. The lowest BCUT2D eigenvalue weighted by Crippen LogP contribution is -2.60. The molecule has 6 nitrogen and oxygen atoms in total. The molecule has 0 bridgehead atoms. The maximum atomic E-state index is 10.7. The van der Waals surface area contributed by atoms with Crippen LogP contribution in [0.3, 0.4) is 0 Å². The zero-order chi connectivity index (χ0) is 15.6. The first-order valence-corrected chi connectivity index (χ1v) is 7.32. The van der Waals surface area contributed by atoms with E-state index < -0.39 is 4.92 Å². The molecule has 8 heteroatoms. The van der Waals surface area contributed by atoms with E-state index in [-0.39, 0.29) is 39.7 Å². The van der Waals surface area contributed by atoms with Crippen molar-refractivity contribution in [3.8, 4) is 5.75 Å². The minimum absolute atomic E-state index is 0.0951. The van der Waals surface area contributed by atoms with Crippen molar-refractivity contribution in [2.45, 2.75) is 31.6 Å². The lowest BCUT2D eigenvalue weighted by atomic mass is 9.85. The Morgan fingerprint density at radius 1 is 1.43 bits per heavy atom. The van der Waals surface area contributed by atoms with E-state index in [1.807, 2.05) is 14.0 Å². The van der Waals surface area contributed by atoms with E-state index in [0.29, 0.717) is 6.61 Å². The Hall–Kier alpha value is -1.08. The third kappa shape index (κ3) is 3.40. The zero-order valence-electron chi connectivity index (χ0n) is 11.6. The second kappa shape index (κ2) is 6.79. The fourth-order valence-electron chi connectivity index (χ4n) is 2.31. The topological polar surface area (TPSA) is 73.6 Å². The van der Waals surface area contributed by atoms with Crippen LogP contribution in [0.25, 0.3) is 0 Å². The van der Waals surface area contributed by atoms with Gasteiger partial charge in [-0.25, -0.2) is 0 Å². The first-order valence-electron chi connectivity index (χ1n) is 6.56. The van der Waals surface area contributed by atoms with Gasteiger partial charge in [-0.3, -0.25) is 10.1 Å². The molecule has 1 aliphatic carbocycles. The molecule has 3 atom stereocenters. The Labute approximate surface area is 132 Å². The van der Waals surface area contributed by atoms with Crippen LogP contribution in [0.1, 0.15) is 13.3 Å². The number of non-ortho nitro benzene ring substituents is 1. The Bertz CT molecular complexity index is 518. The summed E-state index contributed by atoms with van der Waals surface area (Å²) < 4.78 is 11.4. The summed E-state index contributed by atoms with van der Waals surface area (Å²) >= 11 is 12.1. The van der Waals surface area contributed by atoms with Crippen molar-refractivity contribution in [2.75, 3.05) is 13.7 Å². The molecule has 1 saturated carbocycles. The van der Waals surface area contributed by atoms with Gasteiger partial charge in [0.15, 0.2) is 5.75 Å². The van der Waals surface area contributed by atoms with Gasteiger partial charge in [-0.1, -0.05) is 23.2 Å². The summed E-state index contributed by atoms with van der Waals surface area (Å²) in [6.45, 7) is 2.48. The predicted molar refractivity (Wildman–Crippen MR) is 80.4 cm³/mol. The van der Waals surface area contributed by atoms with Crippen molar-refractivity contribution in [3.63, 3.8) is 0 Å². The molecule has 1 aromatic carbocycles. The second-order valence-electron chi connectivity index (χ2n) is 4.70. The van der Waals surface area contributed by atoms with Crippen LogP contribution in [-0.4, -0.2) is 36.8 Å². The lowest BCUT2D eigenvalue weighted by Gasteiger charge is -2.43. The molecule has 0 heterocycles. The van der Waals surface area contributed by atoms with Crippen molar-refractivity contribution >= 4 is 28.9 Å². The molecule has 2 rings (SSSR count). The molecule has 0 aliphatic heterocycles. The van der Waals surface area contributed by atoms with Gasteiger partial charge in [0.2, 0.25) is 0 Å². The van der Waals surface area contributed by atoms with Crippen molar-refractivity contribution in [1.29, 1.82) is 0 Å². The quantitative estimate of drug-likeness (QED) is 0.639. The fraction of sp³-hybridized carbons (Fsp3) is 0.538. The van der Waals surface area contributed by atoms with E-state index in [2.05, 4.69) is 5.32 Å². The number of hydrogen-bond donors (Lipinski definition) is 1. The van der Waals surface area contributed by atoms with Crippen molar-refractivity contribution in [3.05, 3.63) is 32.3 Å². The summed E-state index contributed by atoms with van der Waals surface area (Å²) in [4.78, 5) is 10.2. The Kier molecular flexibility index (Phi) is 5.27. The predicted octanol–water partition coefficient (Wildman–Crippen LogP) is 3.05. The monoisotopic (exact) mass is 334 g/mol. The fourth-order valence-corrected chi connectivity index (χ4v) is 2.88. The van der Waals surface area contributed by atoms with Crippen LogP contribution < -0.4 is 10.1 Å². The largest absolute Gasteiger partial charge is 0.484 e. The van der Waals surface area contributed by atoms with Gasteiger partial charge in [0.05, 0.1) is 15.0 Å². The highest BCUT2D eigenvalue weighted by Crippen LogP contribution is 2.40. The van der Waals surface area contributed by atoms with Gasteiger partial charge in [0.25, 0.3) is 5.69 Å². The standard InChI is InChI=1S/C13H16Cl2N2O4/c1-3-20-13-10(16-2)6-11(13)21-12-8(14)4-7(17(18)19)5-9(12)15/h4-5,10-11,13,16H,3,6H2,1-2H3. The first kappa shape index (κ1) is 16.3. The summed E-state index contributed by atoms with van der Waals surface area (Å²) in [6.07, 6.45) is 0.478. The summed E-state index contributed by atoms with van der Waals surface area (Å²) in [7, 11) is 1.86. The molecule has 1 aromatic rings. The van der Waals surface area contributed by atoms with Gasteiger partial charge in [-0.15, -0.1) is 0 Å². The van der Waals surface area contributed by atoms with Gasteiger partial charge in [0.1, 0.15) is 12.2 Å². The maximum absolute atomic E-state index is 10.7. The molecule has 0 amide bonds. The van der Waals surface area contributed by atoms with Crippen molar-refractivity contribution < 1.29 is 14.4 Å². The van der Waals surface area contributed by atoms with Gasteiger partial charge < -0.3 is 14.8 Å². The van der Waals surface area contributed by atoms with Crippen LogP contribution in [0.2, 0.25) is 10.0 Å². The van der Waals surface area contributed by atoms with Crippen molar-refractivity contribution in [1.82, 2.24) is 5.32 Å². The molecule has 0 spiro atoms. The normalized spacial score (nSPS) is 24.5. The first-order chi connectivity index (χ1) is 9.97. The number of nitrogens with zero attached hydrogens (tertiary/aromatic N) is 1. The van der Waals surface area contributed by atoms with Crippen LogP contribution in [0.15, 0.2) is 12.1 Å². The number of nitro groups is 1. The van der Waals surface area contributed by atoms with Gasteiger partial charge in [-0.2, -0.15) is 0 Å². The van der Waals surface area contributed by atoms with Crippen LogP contribution in [0, 0.1) is 10.1 Å². The minimum atomic E-state index is -0.551. The average molecular weight is 335 g/mol. The van der Waals surface area contributed by atoms with Crippen molar-refractivity contribution in [2.24, 2.45) is 0 Å². The number of ether oxygens (including phenoxy) is 2. The summed E-state index contributed by atoms with van der Waals surface area (Å²) in [5.74, 6) is 0.258. The number of hydrogen-bond acceptors (Lipinski definition) is 5. The SMILES string of the molecule is CCOC1C(NC)CC1Oc1c(Cl)cc([N+](=O)[O-])cc1Cl. The number of rotatable bonds is 6. The van der Waals surface area contributed by atoms with E-state index in [1.54, 1.807) is 0 Å². The highest BCUT2D eigenvalue weighted by Gasteiger charge is 2.43. The number of halogens is 2. The van der Waals surface area contributed by atoms with E-state index in [9.17, 15) is 10.1 Å². The molecule has 1 fully saturated rings. The Morgan fingerprint density at radius 2 is 2.05 bits per heavy atom. The lowest BCUT2D eigenvalue weighted by molar-refractivity contribution is -0.384. The Morgan fingerprint density at radius 3 is 2.52 bits per heavy atom. The number of nitrogens with one attached hydrogen (secondary N) is 1. The molecular formula is C13H16Cl2N2O4. The van der Waals surface area contributed by atoms with Crippen LogP contribution in [0.4, 0.5) is 5.69 Å². The second-order valence-corrected chi connectivity index (χ2v) is 5.52. The highest BCUT2D eigenvalue weighted by atomic mass is 35.5. The summed E-state index contributed by atoms with van der Waals surface area (Å²) in [5, 5.41) is 14.1. The van der Waals surface area contributed by atoms with E-state index in [1.165, 1.54) is 12.1 Å². The molecule has 21 heavy (non-hydrogen) atoms. The highest BCUT2D eigenvalue weighted by molar-refractivity contribution is 6.37. The van der Waals surface area contributed by atoms with Gasteiger partial charge >= 0.3 is 0 Å². The number of nitro benzene ring substituents is 1. The van der Waals surface area contributed by atoms with E-state index >= 15 is 0 Å². The maximum Gasteiger partial charge on any atom is 0.272 e. The summed E-state index contributed by atoms with van der Waals surface area (Å²) in [6, 6.07) is 2.67. The average Bonchev–Trinajstić information content (AvgIpc) is 2.42. The third-order valence-corrected chi connectivity index (χ3v) is 4.00. The third-order valence-electron chi connectivity index (χ3n) is 3.44.